The number of ether oxygens (including phenoxy) is 2. The van der Waals surface area contributed by atoms with Gasteiger partial charge in [0.15, 0.2) is 6.10 Å². The Hall–Kier alpha value is -3.35. The molecule has 0 radical (unpaired) electrons. The minimum Gasteiger partial charge on any atom is -0.481 e. The molecule has 0 aliphatic carbocycles. The molecule has 0 aliphatic heterocycles. The molecule has 8 heteroatoms. The van der Waals surface area contributed by atoms with Crippen molar-refractivity contribution in [1.82, 2.24) is 5.43 Å². The van der Waals surface area contributed by atoms with Crippen LogP contribution in [0.15, 0.2) is 77.9 Å². The Balaban J connectivity index is 1.50. The predicted molar refractivity (Wildman–Crippen MR) is 120 cm³/mol. The van der Waals surface area contributed by atoms with Gasteiger partial charge in [-0.25, -0.2) is 10.2 Å². The second-order valence-electron chi connectivity index (χ2n) is 6.42. The standard InChI is InChI=1S/C23H18Cl2N2O4/c1-15(30-20-11-7-18(24)8-12-20)22(28)27-26-14-16-5-9-21(10-6-16)31-23(29)17-3-2-4-19(25)13-17/h2-15H,1H3,(H,27,28)/b26-14-/t15-/m1/s1. The van der Waals surface area contributed by atoms with Gasteiger partial charge in [0.25, 0.3) is 5.91 Å². The molecule has 1 amide bonds. The lowest BCUT2D eigenvalue weighted by molar-refractivity contribution is -0.127. The van der Waals surface area contributed by atoms with Gasteiger partial charge in [0, 0.05) is 10.0 Å². The van der Waals surface area contributed by atoms with E-state index in [1.165, 1.54) is 12.3 Å². The van der Waals surface area contributed by atoms with Gasteiger partial charge in [0.05, 0.1) is 11.8 Å². The second kappa shape index (κ2) is 10.6. The Morgan fingerprint density at radius 1 is 0.935 bits per heavy atom. The van der Waals surface area contributed by atoms with Crippen molar-refractivity contribution in [2.24, 2.45) is 5.10 Å². The van der Waals surface area contributed by atoms with Crippen molar-refractivity contribution in [1.29, 1.82) is 0 Å². The number of hydrazone groups is 1. The number of rotatable bonds is 7. The molecule has 0 spiro atoms. The molecular weight excluding hydrogens is 439 g/mol. The van der Waals surface area contributed by atoms with Crippen molar-refractivity contribution in [2.75, 3.05) is 0 Å². The van der Waals surface area contributed by atoms with Crippen molar-refractivity contribution in [3.05, 3.63) is 94.0 Å². The van der Waals surface area contributed by atoms with Crippen LogP contribution >= 0.6 is 23.2 Å². The normalized spacial score (nSPS) is 11.7. The summed E-state index contributed by atoms with van der Waals surface area (Å²) >= 11 is 11.7. The average Bonchev–Trinajstić information content (AvgIpc) is 2.76. The first-order valence-corrected chi connectivity index (χ1v) is 9.99. The molecule has 1 atom stereocenters. The smallest absolute Gasteiger partial charge is 0.343 e. The zero-order valence-corrected chi connectivity index (χ0v) is 17.9. The molecular formula is C23H18Cl2N2O4. The number of carbonyl (C=O) groups excluding carboxylic acids is 2. The Morgan fingerprint density at radius 2 is 1.61 bits per heavy atom. The lowest BCUT2D eigenvalue weighted by Crippen LogP contribution is -2.33. The van der Waals surface area contributed by atoms with Crippen LogP contribution < -0.4 is 14.9 Å². The summed E-state index contributed by atoms with van der Waals surface area (Å²) in [6.07, 6.45) is 0.724. The number of benzene rings is 3. The van der Waals surface area contributed by atoms with E-state index in [2.05, 4.69) is 10.5 Å². The van der Waals surface area contributed by atoms with Crippen LogP contribution in [0.25, 0.3) is 0 Å². The maximum Gasteiger partial charge on any atom is 0.343 e. The molecule has 3 rings (SSSR count). The molecule has 3 aromatic rings. The van der Waals surface area contributed by atoms with Crippen molar-refractivity contribution < 1.29 is 19.1 Å². The summed E-state index contributed by atoms with van der Waals surface area (Å²) in [4.78, 5) is 24.2. The fourth-order valence-corrected chi connectivity index (χ4v) is 2.75. The van der Waals surface area contributed by atoms with Crippen molar-refractivity contribution >= 4 is 41.3 Å². The number of nitrogens with zero attached hydrogens (tertiary/aromatic N) is 1. The zero-order chi connectivity index (χ0) is 22.2. The number of halogens is 2. The molecule has 0 saturated carbocycles. The molecule has 31 heavy (non-hydrogen) atoms. The van der Waals surface area contributed by atoms with Gasteiger partial charge in [0.2, 0.25) is 0 Å². The summed E-state index contributed by atoms with van der Waals surface area (Å²) in [5.41, 5.74) is 3.48. The number of hydrogen-bond acceptors (Lipinski definition) is 5. The molecule has 0 unspecified atom stereocenters. The summed E-state index contributed by atoms with van der Waals surface area (Å²) in [5.74, 6) is -0.0146. The Morgan fingerprint density at radius 3 is 2.29 bits per heavy atom. The largest absolute Gasteiger partial charge is 0.481 e. The number of carbonyl (C=O) groups is 2. The van der Waals surface area contributed by atoms with Gasteiger partial charge in [0.1, 0.15) is 11.5 Å². The summed E-state index contributed by atoms with van der Waals surface area (Å²) in [6, 6.07) is 19.9. The van der Waals surface area contributed by atoms with E-state index in [0.29, 0.717) is 32.7 Å². The highest BCUT2D eigenvalue weighted by atomic mass is 35.5. The van der Waals surface area contributed by atoms with Gasteiger partial charge < -0.3 is 9.47 Å². The predicted octanol–water partition coefficient (Wildman–Crippen LogP) is 5.13. The first-order chi connectivity index (χ1) is 14.9. The molecule has 6 nitrogen and oxygen atoms in total. The SMILES string of the molecule is C[C@@H](Oc1ccc(Cl)cc1)C(=O)N/N=C\c1ccc(OC(=O)c2cccc(Cl)c2)cc1. The fraction of sp³-hybridized carbons (Fsp3) is 0.0870. The van der Waals surface area contributed by atoms with Gasteiger partial charge in [-0.1, -0.05) is 29.3 Å². The Bertz CT molecular complexity index is 1080. The quantitative estimate of drug-likeness (QED) is 0.231. The Kier molecular flexibility index (Phi) is 7.65. The number of esters is 1. The highest BCUT2D eigenvalue weighted by molar-refractivity contribution is 6.31. The monoisotopic (exact) mass is 456 g/mol. The van der Waals surface area contributed by atoms with Crippen molar-refractivity contribution in [3.63, 3.8) is 0 Å². The van der Waals surface area contributed by atoms with E-state index in [0.717, 1.165) is 0 Å². The van der Waals surface area contributed by atoms with Crippen LogP contribution in [0, 0.1) is 0 Å². The maximum absolute atomic E-state index is 12.1. The minimum atomic E-state index is -0.744. The zero-order valence-electron chi connectivity index (χ0n) is 16.4. The summed E-state index contributed by atoms with van der Waals surface area (Å²) in [5, 5.41) is 4.96. The molecule has 1 N–H and O–H groups in total. The van der Waals surface area contributed by atoms with Crippen LogP contribution in [-0.2, 0) is 4.79 Å². The molecule has 0 fully saturated rings. The summed E-state index contributed by atoms with van der Waals surface area (Å²) in [6.45, 7) is 1.61. The first-order valence-electron chi connectivity index (χ1n) is 9.23. The maximum atomic E-state index is 12.1. The van der Waals surface area contributed by atoms with Crippen LogP contribution in [-0.4, -0.2) is 24.2 Å². The molecule has 0 bridgehead atoms. The van der Waals surface area contributed by atoms with Crippen LogP contribution in [0.3, 0.4) is 0 Å². The lowest BCUT2D eigenvalue weighted by Gasteiger charge is -2.12. The molecule has 0 heterocycles. The van der Waals surface area contributed by atoms with E-state index in [4.69, 9.17) is 32.7 Å². The molecule has 158 valence electrons. The van der Waals surface area contributed by atoms with Crippen LogP contribution in [0.2, 0.25) is 10.0 Å². The van der Waals surface area contributed by atoms with Crippen molar-refractivity contribution in [2.45, 2.75) is 13.0 Å². The van der Waals surface area contributed by atoms with Crippen LogP contribution in [0.5, 0.6) is 11.5 Å². The minimum absolute atomic E-state index is 0.357. The van der Waals surface area contributed by atoms with E-state index >= 15 is 0 Å². The van der Waals surface area contributed by atoms with Gasteiger partial charge in [-0.15, -0.1) is 0 Å². The van der Waals surface area contributed by atoms with Gasteiger partial charge in [-0.05, 0) is 79.2 Å². The van der Waals surface area contributed by atoms with Crippen LogP contribution in [0.1, 0.15) is 22.8 Å². The van der Waals surface area contributed by atoms with E-state index < -0.39 is 18.0 Å². The highest BCUT2D eigenvalue weighted by Gasteiger charge is 2.14. The molecule has 0 saturated heterocycles. The second-order valence-corrected chi connectivity index (χ2v) is 7.29. The average molecular weight is 457 g/mol. The fourth-order valence-electron chi connectivity index (χ4n) is 2.44. The third kappa shape index (κ3) is 6.84. The van der Waals surface area contributed by atoms with E-state index in [9.17, 15) is 9.59 Å². The highest BCUT2D eigenvalue weighted by Crippen LogP contribution is 2.17. The summed E-state index contributed by atoms with van der Waals surface area (Å²) < 4.78 is 10.8. The molecule has 0 aromatic heterocycles. The van der Waals surface area contributed by atoms with Crippen LogP contribution in [0.4, 0.5) is 0 Å². The topological polar surface area (TPSA) is 77.0 Å². The first kappa shape index (κ1) is 22.3. The van der Waals surface area contributed by atoms with E-state index in [-0.39, 0.29) is 0 Å². The van der Waals surface area contributed by atoms with E-state index in [1.807, 2.05) is 0 Å². The number of hydrogen-bond donors (Lipinski definition) is 1. The van der Waals surface area contributed by atoms with Crippen molar-refractivity contribution in [3.8, 4) is 11.5 Å². The lowest BCUT2D eigenvalue weighted by atomic mass is 10.2. The molecule has 0 aliphatic rings. The van der Waals surface area contributed by atoms with Gasteiger partial charge in [-0.3, -0.25) is 4.79 Å². The van der Waals surface area contributed by atoms with Gasteiger partial charge in [-0.2, -0.15) is 5.10 Å². The van der Waals surface area contributed by atoms with E-state index in [1.54, 1.807) is 73.7 Å². The Labute approximate surface area is 189 Å². The molecule has 3 aromatic carbocycles. The summed E-state index contributed by atoms with van der Waals surface area (Å²) in [7, 11) is 0. The van der Waals surface area contributed by atoms with Gasteiger partial charge >= 0.3 is 5.97 Å². The number of amides is 1. The number of nitrogens with one attached hydrogen (secondary N) is 1. The third-order valence-corrected chi connectivity index (χ3v) is 4.52. The third-order valence-electron chi connectivity index (χ3n) is 4.04.